The molecule has 0 aliphatic rings. The molecule has 0 radical (unpaired) electrons. The van der Waals surface area contributed by atoms with Crippen LogP contribution in [0.2, 0.25) is 0 Å². The Bertz CT molecular complexity index is 1440. The lowest BCUT2D eigenvalue weighted by molar-refractivity contribution is -0.108. The molecule has 0 amide bonds. The van der Waals surface area contributed by atoms with Crippen LogP contribution in [0, 0.1) is 6.92 Å². The van der Waals surface area contributed by atoms with Gasteiger partial charge in [-0.05, 0) is 40.5 Å². The number of fused-ring (bicyclic) bond motifs is 1. The van der Waals surface area contributed by atoms with Gasteiger partial charge in [-0.2, -0.15) is 5.21 Å². The number of aromatic nitrogens is 7. The maximum absolute atomic E-state index is 5.44. The normalized spacial score (nSPS) is 11.6. The van der Waals surface area contributed by atoms with Crippen LogP contribution in [0.4, 0.5) is 0 Å². The van der Waals surface area contributed by atoms with Crippen molar-refractivity contribution in [2.24, 2.45) is 0 Å². The predicted molar refractivity (Wildman–Crippen MR) is 133 cm³/mol. The van der Waals surface area contributed by atoms with Crippen LogP contribution in [0.25, 0.3) is 33.7 Å². The van der Waals surface area contributed by atoms with Crippen molar-refractivity contribution in [1.82, 2.24) is 35.2 Å². The van der Waals surface area contributed by atoms with Gasteiger partial charge in [0.25, 0.3) is 0 Å². The van der Waals surface area contributed by atoms with E-state index in [4.69, 9.17) is 19.4 Å². The first kappa shape index (κ1) is 22.8. The second kappa shape index (κ2) is 9.73. The first-order valence-corrected chi connectivity index (χ1v) is 11.5. The van der Waals surface area contributed by atoms with Crippen molar-refractivity contribution >= 4 is 11.2 Å². The first-order valence-electron chi connectivity index (χ1n) is 11.5. The standard InChI is InChI=1S/C26H27N7O2/c1-5-22-28-23-16(2)14-21(26(34-3)35-4)27-25(23)33(22)15-17-10-12-18(13-11-17)19-8-6-7-9-20(19)24-29-31-32-30-24/h6-14,26H,5,15H2,1-4H3,(H,29,30,31,32). The van der Waals surface area contributed by atoms with Crippen LogP contribution in [0.3, 0.4) is 0 Å². The molecule has 0 aliphatic carbocycles. The van der Waals surface area contributed by atoms with Crippen LogP contribution in [-0.4, -0.2) is 49.4 Å². The lowest BCUT2D eigenvalue weighted by Gasteiger charge is -2.14. The molecule has 5 aromatic rings. The van der Waals surface area contributed by atoms with Crippen LogP contribution >= 0.6 is 0 Å². The van der Waals surface area contributed by atoms with Gasteiger partial charge in [0, 0.05) is 26.2 Å². The SMILES string of the molecule is CCc1nc2c(C)cc(C(OC)OC)nc2n1Cc1ccc(-c2ccccc2-c2nn[nH]n2)cc1. The number of aromatic amines is 1. The summed E-state index contributed by atoms with van der Waals surface area (Å²) in [4.78, 5) is 9.76. The van der Waals surface area contributed by atoms with E-state index < -0.39 is 6.29 Å². The van der Waals surface area contributed by atoms with Gasteiger partial charge in [-0.1, -0.05) is 55.5 Å². The van der Waals surface area contributed by atoms with Gasteiger partial charge < -0.3 is 14.0 Å². The van der Waals surface area contributed by atoms with Gasteiger partial charge in [0.15, 0.2) is 5.65 Å². The topological polar surface area (TPSA) is 104 Å². The number of tetrazole rings is 1. The molecule has 3 heterocycles. The molecule has 178 valence electrons. The third-order valence-electron chi connectivity index (χ3n) is 6.10. The predicted octanol–water partition coefficient (Wildman–Crippen LogP) is 4.49. The molecule has 0 bridgehead atoms. The number of aryl methyl sites for hydroxylation is 2. The van der Waals surface area contributed by atoms with Crippen LogP contribution in [0.5, 0.6) is 0 Å². The molecule has 0 saturated heterocycles. The Hall–Kier alpha value is -3.95. The molecule has 5 rings (SSSR count). The molecule has 9 nitrogen and oxygen atoms in total. The molecule has 0 atom stereocenters. The van der Waals surface area contributed by atoms with E-state index in [1.54, 1.807) is 14.2 Å². The van der Waals surface area contributed by atoms with E-state index in [1.165, 1.54) is 0 Å². The molecule has 0 aliphatic heterocycles. The number of pyridine rings is 1. The van der Waals surface area contributed by atoms with E-state index in [9.17, 15) is 0 Å². The van der Waals surface area contributed by atoms with E-state index in [2.05, 4.69) is 62.4 Å². The Kier molecular flexibility index (Phi) is 6.35. The highest BCUT2D eigenvalue weighted by atomic mass is 16.7. The summed E-state index contributed by atoms with van der Waals surface area (Å²) < 4.78 is 13.1. The highest BCUT2D eigenvalue weighted by Gasteiger charge is 2.19. The van der Waals surface area contributed by atoms with Crippen molar-refractivity contribution in [1.29, 1.82) is 0 Å². The van der Waals surface area contributed by atoms with Crippen molar-refractivity contribution in [2.75, 3.05) is 14.2 Å². The van der Waals surface area contributed by atoms with Crippen LogP contribution in [-0.2, 0) is 22.4 Å². The molecular weight excluding hydrogens is 442 g/mol. The first-order chi connectivity index (χ1) is 17.1. The fourth-order valence-electron chi connectivity index (χ4n) is 4.38. The fraction of sp³-hybridized carbons (Fsp3) is 0.269. The lowest BCUT2D eigenvalue weighted by Crippen LogP contribution is -2.09. The summed E-state index contributed by atoms with van der Waals surface area (Å²) in [5, 5.41) is 14.5. The van der Waals surface area contributed by atoms with Crippen molar-refractivity contribution < 1.29 is 9.47 Å². The smallest absolute Gasteiger partial charge is 0.205 e. The summed E-state index contributed by atoms with van der Waals surface area (Å²) in [5.41, 5.74) is 7.74. The summed E-state index contributed by atoms with van der Waals surface area (Å²) in [6, 6.07) is 18.5. The third-order valence-corrected chi connectivity index (χ3v) is 6.10. The number of nitrogens with one attached hydrogen (secondary N) is 1. The highest BCUT2D eigenvalue weighted by molar-refractivity contribution is 5.80. The van der Waals surface area contributed by atoms with Gasteiger partial charge >= 0.3 is 0 Å². The summed E-state index contributed by atoms with van der Waals surface area (Å²) in [6.07, 6.45) is 0.282. The van der Waals surface area contributed by atoms with E-state index in [0.717, 1.165) is 56.9 Å². The van der Waals surface area contributed by atoms with Gasteiger partial charge in [-0.15, -0.1) is 10.2 Å². The molecule has 0 unspecified atom stereocenters. The second-order valence-corrected chi connectivity index (χ2v) is 8.29. The molecule has 0 saturated carbocycles. The maximum Gasteiger partial charge on any atom is 0.205 e. The number of nitrogens with zero attached hydrogens (tertiary/aromatic N) is 6. The number of hydrogen-bond donors (Lipinski definition) is 1. The zero-order valence-electron chi connectivity index (χ0n) is 20.2. The number of H-pyrrole nitrogens is 1. The van der Waals surface area contributed by atoms with E-state index in [-0.39, 0.29) is 0 Å². The minimum atomic E-state index is -0.523. The number of imidazole rings is 1. The average molecular weight is 470 g/mol. The molecule has 1 N–H and O–H groups in total. The van der Waals surface area contributed by atoms with E-state index >= 15 is 0 Å². The Labute approximate surface area is 203 Å². The largest absolute Gasteiger partial charge is 0.350 e. The zero-order chi connectivity index (χ0) is 24.4. The summed E-state index contributed by atoms with van der Waals surface area (Å²) in [6.45, 7) is 4.81. The molecule has 35 heavy (non-hydrogen) atoms. The minimum absolute atomic E-state index is 0.523. The van der Waals surface area contributed by atoms with Crippen molar-refractivity contribution in [3.8, 4) is 22.5 Å². The molecule has 0 fully saturated rings. The second-order valence-electron chi connectivity index (χ2n) is 8.29. The van der Waals surface area contributed by atoms with Crippen LogP contribution in [0.15, 0.2) is 54.6 Å². The minimum Gasteiger partial charge on any atom is -0.350 e. The number of ether oxygens (including phenoxy) is 2. The van der Waals surface area contributed by atoms with E-state index in [0.29, 0.717) is 12.4 Å². The Balaban J connectivity index is 1.51. The molecule has 0 spiro atoms. The maximum atomic E-state index is 5.44. The average Bonchev–Trinajstić information content (AvgIpc) is 3.54. The van der Waals surface area contributed by atoms with Gasteiger partial charge in [0.1, 0.15) is 11.3 Å². The fourth-order valence-corrected chi connectivity index (χ4v) is 4.38. The van der Waals surface area contributed by atoms with Crippen molar-refractivity contribution in [3.63, 3.8) is 0 Å². The monoisotopic (exact) mass is 469 g/mol. The zero-order valence-corrected chi connectivity index (χ0v) is 20.2. The summed E-state index contributed by atoms with van der Waals surface area (Å²) in [5.74, 6) is 1.57. The quantitative estimate of drug-likeness (QED) is 0.334. The van der Waals surface area contributed by atoms with Gasteiger partial charge in [-0.25, -0.2) is 9.97 Å². The van der Waals surface area contributed by atoms with Gasteiger partial charge in [-0.3, -0.25) is 0 Å². The van der Waals surface area contributed by atoms with Crippen molar-refractivity contribution in [3.05, 3.63) is 77.2 Å². The van der Waals surface area contributed by atoms with Crippen LogP contribution < -0.4 is 0 Å². The third kappa shape index (κ3) is 4.31. The molecule has 9 heteroatoms. The number of rotatable bonds is 8. The van der Waals surface area contributed by atoms with Gasteiger partial charge in [0.2, 0.25) is 12.1 Å². The van der Waals surface area contributed by atoms with Crippen molar-refractivity contribution in [2.45, 2.75) is 33.1 Å². The van der Waals surface area contributed by atoms with Crippen LogP contribution in [0.1, 0.15) is 35.9 Å². The Morgan fingerprint density at radius 1 is 0.971 bits per heavy atom. The number of benzene rings is 2. The Morgan fingerprint density at radius 2 is 1.71 bits per heavy atom. The number of hydrogen-bond acceptors (Lipinski definition) is 7. The summed E-state index contributed by atoms with van der Waals surface area (Å²) in [7, 11) is 3.23. The van der Waals surface area contributed by atoms with E-state index in [1.807, 2.05) is 31.2 Å². The highest BCUT2D eigenvalue weighted by Crippen LogP contribution is 2.30. The summed E-state index contributed by atoms with van der Waals surface area (Å²) >= 11 is 0. The number of methoxy groups -OCH3 is 2. The van der Waals surface area contributed by atoms with Gasteiger partial charge in [0.05, 0.1) is 12.2 Å². The lowest BCUT2D eigenvalue weighted by atomic mass is 9.98. The molecular formula is C26H27N7O2. The Morgan fingerprint density at radius 3 is 2.37 bits per heavy atom. The molecule has 3 aromatic heterocycles. The molecule has 2 aromatic carbocycles.